The first-order valence-corrected chi connectivity index (χ1v) is 6.73. The molecule has 20 heavy (non-hydrogen) atoms. The highest BCUT2D eigenvalue weighted by Gasteiger charge is 2.29. The summed E-state index contributed by atoms with van der Waals surface area (Å²) in [6.45, 7) is 0.473. The summed E-state index contributed by atoms with van der Waals surface area (Å²) in [6, 6.07) is 11.4. The molecule has 0 saturated carbocycles. The molecule has 3 rings (SSSR count). The van der Waals surface area contributed by atoms with Crippen LogP contribution < -0.4 is 0 Å². The lowest BCUT2D eigenvalue weighted by Crippen LogP contribution is -2.23. The van der Waals surface area contributed by atoms with E-state index in [-0.39, 0.29) is 16.4 Å². The minimum atomic E-state index is -0.709. The van der Waals surface area contributed by atoms with E-state index in [1.807, 2.05) is 24.3 Å². The third-order valence-electron chi connectivity index (χ3n) is 3.43. The molecule has 2 aromatic carbocycles. The van der Waals surface area contributed by atoms with Gasteiger partial charge in [0, 0.05) is 5.56 Å². The van der Waals surface area contributed by atoms with Gasteiger partial charge in [-0.1, -0.05) is 35.9 Å². The fraction of sp³-hybridized carbons (Fsp3) is 0.188. The van der Waals surface area contributed by atoms with E-state index < -0.39 is 11.9 Å². The van der Waals surface area contributed by atoms with Gasteiger partial charge in [-0.05, 0) is 35.7 Å². The van der Waals surface area contributed by atoms with E-state index in [9.17, 15) is 9.18 Å². The van der Waals surface area contributed by atoms with Gasteiger partial charge in [0.1, 0.15) is 11.9 Å². The van der Waals surface area contributed by atoms with Crippen molar-refractivity contribution in [2.45, 2.75) is 12.5 Å². The Labute approximate surface area is 121 Å². The molecule has 4 heteroatoms. The van der Waals surface area contributed by atoms with Crippen LogP contribution in [0.2, 0.25) is 5.02 Å². The fourth-order valence-corrected chi connectivity index (χ4v) is 2.65. The standard InChI is InChI=1S/C16H12ClFO2/c17-14-6-5-11(18)9-13(14)15(19)16-12-4-2-1-3-10(12)7-8-20-16/h1-6,9,16H,7-8H2. The van der Waals surface area contributed by atoms with Crippen LogP contribution in [0, 0.1) is 5.82 Å². The lowest BCUT2D eigenvalue weighted by atomic mass is 9.92. The van der Waals surface area contributed by atoms with Gasteiger partial charge in [-0.2, -0.15) is 0 Å². The van der Waals surface area contributed by atoms with E-state index in [4.69, 9.17) is 16.3 Å². The molecule has 0 spiro atoms. The van der Waals surface area contributed by atoms with Crippen LogP contribution in [0.4, 0.5) is 4.39 Å². The number of carbonyl (C=O) groups is 1. The molecule has 1 aliphatic heterocycles. The van der Waals surface area contributed by atoms with Gasteiger partial charge in [0.25, 0.3) is 0 Å². The molecular weight excluding hydrogens is 279 g/mol. The van der Waals surface area contributed by atoms with Crippen LogP contribution in [-0.2, 0) is 11.2 Å². The number of fused-ring (bicyclic) bond motifs is 1. The first kappa shape index (κ1) is 13.3. The molecule has 0 aliphatic carbocycles. The molecule has 2 nitrogen and oxygen atoms in total. The molecule has 2 aromatic rings. The fourth-order valence-electron chi connectivity index (χ4n) is 2.44. The zero-order chi connectivity index (χ0) is 14.1. The van der Waals surface area contributed by atoms with Gasteiger partial charge in [-0.25, -0.2) is 4.39 Å². The number of ether oxygens (including phenoxy) is 1. The van der Waals surface area contributed by atoms with E-state index >= 15 is 0 Å². The Morgan fingerprint density at radius 2 is 2.05 bits per heavy atom. The van der Waals surface area contributed by atoms with Crippen molar-refractivity contribution < 1.29 is 13.9 Å². The molecular formula is C16H12ClFO2. The van der Waals surface area contributed by atoms with Crippen molar-refractivity contribution in [1.82, 2.24) is 0 Å². The highest BCUT2D eigenvalue weighted by Crippen LogP contribution is 2.32. The first-order chi connectivity index (χ1) is 9.66. The lowest BCUT2D eigenvalue weighted by Gasteiger charge is -2.25. The predicted molar refractivity (Wildman–Crippen MR) is 74.6 cm³/mol. The quantitative estimate of drug-likeness (QED) is 0.782. The number of rotatable bonds is 2. The van der Waals surface area contributed by atoms with Gasteiger partial charge in [-0.15, -0.1) is 0 Å². The van der Waals surface area contributed by atoms with E-state index in [2.05, 4.69) is 0 Å². The highest BCUT2D eigenvalue weighted by molar-refractivity contribution is 6.34. The SMILES string of the molecule is O=C(c1cc(F)ccc1Cl)C1OCCc2ccccc21. The Balaban J connectivity index is 2.02. The highest BCUT2D eigenvalue weighted by atomic mass is 35.5. The second-order valence-corrected chi connectivity index (χ2v) is 5.10. The van der Waals surface area contributed by atoms with Crippen molar-refractivity contribution in [2.75, 3.05) is 6.61 Å². The Kier molecular flexibility index (Phi) is 3.55. The van der Waals surface area contributed by atoms with E-state index in [1.54, 1.807) is 0 Å². The third-order valence-corrected chi connectivity index (χ3v) is 3.76. The molecule has 1 unspecified atom stereocenters. The van der Waals surface area contributed by atoms with Crippen molar-refractivity contribution >= 4 is 17.4 Å². The van der Waals surface area contributed by atoms with E-state index in [0.717, 1.165) is 23.6 Å². The molecule has 0 radical (unpaired) electrons. The van der Waals surface area contributed by atoms with E-state index in [1.165, 1.54) is 12.1 Å². The molecule has 1 heterocycles. The number of halogens is 2. The van der Waals surface area contributed by atoms with Gasteiger partial charge in [0.05, 0.1) is 11.6 Å². The van der Waals surface area contributed by atoms with Crippen LogP contribution in [0.15, 0.2) is 42.5 Å². The van der Waals surface area contributed by atoms with Crippen molar-refractivity contribution in [3.05, 3.63) is 70.0 Å². The third kappa shape index (κ3) is 2.35. The van der Waals surface area contributed by atoms with Crippen LogP contribution >= 0.6 is 11.6 Å². The minimum absolute atomic E-state index is 0.161. The maximum atomic E-state index is 13.3. The molecule has 0 bridgehead atoms. The number of benzene rings is 2. The van der Waals surface area contributed by atoms with Crippen molar-refractivity contribution in [2.24, 2.45) is 0 Å². The summed E-state index contributed by atoms with van der Waals surface area (Å²) in [5.41, 5.74) is 2.09. The van der Waals surface area contributed by atoms with Crippen LogP contribution in [-0.4, -0.2) is 12.4 Å². The van der Waals surface area contributed by atoms with Gasteiger partial charge in [-0.3, -0.25) is 4.79 Å². The van der Waals surface area contributed by atoms with Crippen LogP contribution in [0.5, 0.6) is 0 Å². The van der Waals surface area contributed by atoms with Crippen molar-refractivity contribution in [1.29, 1.82) is 0 Å². The van der Waals surface area contributed by atoms with Gasteiger partial charge < -0.3 is 4.74 Å². The molecule has 0 saturated heterocycles. The maximum absolute atomic E-state index is 13.3. The predicted octanol–water partition coefficient (Wildman–Crippen LogP) is 3.98. The number of ketones is 1. The summed E-state index contributed by atoms with van der Waals surface area (Å²) in [4.78, 5) is 12.6. The molecule has 0 aromatic heterocycles. The van der Waals surface area contributed by atoms with Crippen LogP contribution in [0.3, 0.4) is 0 Å². The number of Topliss-reactive ketones (excluding diaryl/α,β-unsaturated/α-hetero) is 1. The van der Waals surface area contributed by atoms with Crippen LogP contribution in [0.25, 0.3) is 0 Å². The Hall–Kier alpha value is -1.71. The zero-order valence-electron chi connectivity index (χ0n) is 10.6. The summed E-state index contributed by atoms with van der Waals surface area (Å²) in [6.07, 6.45) is 0.0656. The monoisotopic (exact) mass is 290 g/mol. The first-order valence-electron chi connectivity index (χ1n) is 6.35. The summed E-state index contributed by atoms with van der Waals surface area (Å²) < 4.78 is 18.9. The maximum Gasteiger partial charge on any atom is 0.197 e. The normalized spacial score (nSPS) is 17.6. The number of hydrogen-bond donors (Lipinski definition) is 0. The van der Waals surface area contributed by atoms with Crippen molar-refractivity contribution in [3.63, 3.8) is 0 Å². The number of carbonyl (C=O) groups excluding carboxylic acids is 1. The van der Waals surface area contributed by atoms with Gasteiger partial charge >= 0.3 is 0 Å². The molecule has 0 N–H and O–H groups in total. The van der Waals surface area contributed by atoms with Crippen LogP contribution in [0.1, 0.15) is 27.6 Å². The average molecular weight is 291 g/mol. The second-order valence-electron chi connectivity index (χ2n) is 4.69. The smallest absolute Gasteiger partial charge is 0.197 e. The Morgan fingerprint density at radius 1 is 1.25 bits per heavy atom. The summed E-state index contributed by atoms with van der Waals surface area (Å²) in [5, 5.41) is 0.239. The average Bonchev–Trinajstić information content (AvgIpc) is 2.48. The number of hydrogen-bond acceptors (Lipinski definition) is 2. The second kappa shape index (κ2) is 5.35. The van der Waals surface area contributed by atoms with E-state index in [0.29, 0.717) is 6.61 Å². The molecule has 102 valence electrons. The molecule has 0 fully saturated rings. The van der Waals surface area contributed by atoms with Crippen molar-refractivity contribution in [3.8, 4) is 0 Å². The Bertz CT molecular complexity index is 669. The van der Waals surface area contributed by atoms with Gasteiger partial charge in [0.15, 0.2) is 5.78 Å². The largest absolute Gasteiger partial charge is 0.365 e. The molecule has 1 aliphatic rings. The Morgan fingerprint density at radius 3 is 2.90 bits per heavy atom. The summed E-state index contributed by atoms with van der Waals surface area (Å²) in [5.74, 6) is -0.788. The van der Waals surface area contributed by atoms with Gasteiger partial charge in [0.2, 0.25) is 0 Å². The molecule has 1 atom stereocenters. The summed E-state index contributed by atoms with van der Waals surface area (Å²) >= 11 is 5.99. The molecule has 0 amide bonds. The lowest BCUT2D eigenvalue weighted by molar-refractivity contribution is 0.0349. The topological polar surface area (TPSA) is 26.3 Å². The zero-order valence-corrected chi connectivity index (χ0v) is 11.4. The summed E-state index contributed by atoms with van der Waals surface area (Å²) in [7, 11) is 0. The minimum Gasteiger partial charge on any atom is -0.365 e.